The monoisotopic (exact) mass is 418 g/mol. The molecule has 2 aromatic carbocycles. The van der Waals surface area contributed by atoms with Crippen LogP contribution in [0.5, 0.6) is 0 Å². The van der Waals surface area contributed by atoms with Crippen LogP contribution in [0.3, 0.4) is 0 Å². The summed E-state index contributed by atoms with van der Waals surface area (Å²) in [4.78, 5) is 14.4. The Bertz CT molecular complexity index is 744. The van der Waals surface area contributed by atoms with Gasteiger partial charge < -0.3 is 10.4 Å². The summed E-state index contributed by atoms with van der Waals surface area (Å²) in [6, 6.07) is 16.1. The number of aliphatic hydroxyl groups is 1. The van der Waals surface area contributed by atoms with Crippen molar-refractivity contribution in [2.24, 2.45) is 0 Å². The van der Waals surface area contributed by atoms with E-state index < -0.39 is 0 Å². The lowest BCUT2D eigenvalue weighted by atomic mass is 10.1. The Labute approximate surface area is 176 Å². The molecule has 0 radical (unpaired) electrons. The number of hydrogen-bond donors (Lipinski definition) is 2. The molecule has 1 fully saturated rings. The van der Waals surface area contributed by atoms with Gasteiger partial charge in [-0.2, -0.15) is 0 Å². The minimum atomic E-state index is -0.133. The number of thioether (sulfide) groups is 1. The molecule has 1 aliphatic heterocycles. The standard InChI is InChI=1S/C22H27ClN2O2S/c23-20-7-5-19(6-8-20)15-28-16-22(27)24-13-17-1-3-18(4-2-17)14-25-11-9-21(26)10-12-25/h1-8,21,26H,9-16H2,(H,24,27). The van der Waals surface area contributed by atoms with E-state index >= 15 is 0 Å². The lowest BCUT2D eigenvalue weighted by Gasteiger charge is -2.29. The van der Waals surface area contributed by atoms with Crippen LogP contribution < -0.4 is 5.32 Å². The summed E-state index contributed by atoms with van der Waals surface area (Å²) in [5.74, 6) is 1.30. The van der Waals surface area contributed by atoms with Crippen molar-refractivity contribution in [3.05, 3.63) is 70.2 Å². The van der Waals surface area contributed by atoms with Gasteiger partial charge in [-0.1, -0.05) is 48.0 Å². The number of rotatable bonds is 8. The molecule has 28 heavy (non-hydrogen) atoms. The van der Waals surface area contributed by atoms with Gasteiger partial charge >= 0.3 is 0 Å². The van der Waals surface area contributed by atoms with Gasteiger partial charge in [0.25, 0.3) is 0 Å². The Morgan fingerprint density at radius 2 is 1.64 bits per heavy atom. The van der Waals surface area contributed by atoms with Gasteiger partial charge in [-0.05, 0) is 41.7 Å². The zero-order valence-corrected chi connectivity index (χ0v) is 17.5. The van der Waals surface area contributed by atoms with Crippen LogP contribution in [-0.4, -0.2) is 40.9 Å². The molecule has 0 spiro atoms. The first kappa shape index (κ1) is 21.2. The van der Waals surface area contributed by atoms with E-state index in [2.05, 4.69) is 34.5 Å². The van der Waals surface area contributed by atoms with Crippen molar-refractivity contribution in [3.8, 4) is 0 Å². The van der Waals surface area contributed by atoms with Crippen molar-refractivity contribution in [3.63, 3.8) is 0 Å². The number of halogens is 1. The zero-order chi connectivity index (χ0) is 19.8. The van der Waals surface area contributed by atoms with Crippen LogP contribution in [0.1, 0.15) is 29.5 Å². The van der Waals surface area contributed by atoms with E-state index in [1.54, 1.807) is 11.8 Å². The van der Waals surface area contributed by atoms with Gasteiger partial charge in [-0.15, -0.1) is 11.8 Å². The molecule has 3 rings (SSSR count). The first-order valence-corrected chi connectivity index (χ1v) is 11.2. The van der Waals surface area contributed by atoms with Gasteiger partial charge in [0.15, 0.2) is 0 Å². The second-order valence-electron chi connectivity index (χ2n) is 7.22. The highest BCUT2D eigenvalue weighted by atomic mass is 35.5. The van der Waals surface area contributed by atoms with Crippen molar-refractivity contribution in [1.82, 2.24) is 10.2 Å². The highest BCUT2D eigenvalue weighted by Crippen LogP contribution is 2.16. The average molecular weight is 419 g/mol. The van der Waals surface area contributed by atoms with Gasteiger partial charge in [0.1, 0.15) is 0 Å². The van der Waals surface area contributed by atoms with Crippen LogP contribution in [0.25, 0.3) is 0 Å². The maximum atomic E-state index is 12.0. The molecule has 0 bridgehead atoms. The molecule has 2 N–H and O–H groups in total. The van der Waals surface area contributed by atoms with Gasteiger partial charge in [-0.25, -0.2) is 0 Å². The van der Waals surface area contributed by atoms with E-state index in [1.165, 1.54) is 11.1 Å². The largest absolute Gasteiger partial charge is 0.393 e. The second kappa shape index (κ2) is 10.9. The smallest absolute Gasteiger partial charge is 0.230 e. The summed E-state index contributed by atoms with van der Waals surface area (Å²) < 4.78 is 0. The van der Waals surface area contributed by atoms with Gasteiger partial charge in [0, 0.05) is 37.0 Å². The number of nitrogens with zero attached hydrogens (tertiary/aromatic N) is 1. The van der Waals surface area contributed by atoms with E-state index in [-0.39, 0.29) is 12.0 Å². The van der Waals surface area contributed by atoms with Gasteiger partial charge in [0.05, 0.1) is 11.9 Å². The Hall–Kier alpha value is -1.53. The first-order valence-electron chi connectivity index (χ1n) is 9.65. The molecular weight excluding hydrogens is 392 g/mol. The molecule has 0 unspecified atom stereocenters. The predicted molar refractivity (Wildman–Crippen MR) is 116 cm³/mol. The number of hydrogen-bond acceptors (Lipinski definition) is 4. The van der Waals surface area contributed by atoms with Crippen LogP contribution in [0, 0.1) is 0 Å². The Morgan fingerprint density at radius 3 is 2.32 bits per heavy atom. The van der Waals surface area contributed by atoms with E-state index in [1.807, 2.05) is 24.3 Å². The highest BCUT2D eigenvalue weighted by Gasteiger charge is 2.16. The van der Waals surface area contributed by atoms with Crippen molar-refractivity contribution >= 4 is 29.3 Å². The Morgan fingerprint density at radius 1 is 1.04 bits per heavy atom. The topological polar surface area (TPSA) is 52.6 Å². The van der Waals surface area contributed by atoms with Crippen LogP contribution in [-0.2, 0) is 23.6 Å². The lowest BCUT2D eigenvalue weighted by molar-refractivity contribution is -0.118. The van der Waals surface area contributed by atoms with Crippen LogP contribution in [0.4, 0.5) is 0 Å². The molecule has 1 aliphatic rings. The molecule has 0 aromatic heterocycles. The quantitative estimate of drug-likeness (QED) is 0.683. The maximum Gasteiger partial charge on any atom is 0.230 e. The molecular formula is C22H27ClN2O2S. The van der Waals surface area contributed by atoms with Crippen LogP contribution in [0.15, 0.2) is 48.5 Å². The van der Waals surface area contributed by atoms with Crippen molar-refractivity contribution < 1.29 is 9.90 Å². The minimum Gasteiger partial charge on any atom is -0.393 e. The second-order valence-corrected chi connectivity index (χ2v) is 8.64. The molecule has 1 amide bonds. The third-order valence-electron chi connectivity index (χ3n) is 4.89. The number of piperidine rings is 1. The molecule has 2 aromatic rings. The van der Waals surface area contributed by atoms with E-state index in [9.17, 15) is 9.90 Å². The van der Waals surface area contributed by atoms with Gasteiger partial charge in [0.2, 0.25) is 5.91 Å². The molecule has 1 heterocycles. The summed E-state index contributed by atoms with van der Waals surface area (Å²) >= 11 is 7.48. The normalized spacial score (nSPS) is 15.5. The third-order valence-corrected chi connectivity index (χ3v) is 6.15. The number of carbonyl (C=O) groups excluding carboxylic acids is 1. The molecule has 4 nitrogen and oxygen atoms in total. The fourth-order valence-corrected chi connectivity index (χ4v) is 4.14. The fourth-order valence-electron chi connectivity index (χ4n) is 3.19. The highest BCUT2D eigenvalue weighted by molar-refractivity contribution is 7.99. The predicted octanol–water partition coefficient (Wildman–Crippen LogP) is 3.85. The summed E-state index contributed by atoms with van der Waals surface area (Å²) in [6.07, 6.45) is 1.59. The molecule has 1 saturated heterocycles. The number of nitrogens with one attached hydrogen (secondary N) is 1. The summed E-state index contributed by atoms with van der Waals surface area (Å²) in [7, 11) is 0. The summed E-state index contributed by atoms with van der Waals surface area (Å²) in [6.45, 7) is 3.37. The SMILES string of the molecule is O=C(CSCc1ccc(Cl)cc1)NCc1ccc(CN2CCC(O)CC2)cc1. The molecule has 6 heteroatoms. The van der Waals surface area contributed by atoms with E-state index in [0.29, 0.717) is 12.3 Å². The van der Waals surface area contributed by atoms with Crippen LogP contribution in [0.2, 0.25) is 5.02 Å². The number of amides is 1. The van der Waals surface area contributed by atoms with Crippen molar-refractivity contribution in [2.75, 3.05) is 18.8 Å². The minimum absolute atomic E-state index is 0.0508. The molecule has 0 saturated carbocycles. The number of benzene rings is 2. The lowest BCUT2D eigenvalue weighted by Crippen LogP contribution is -2.35. The Balaban J connectivity index is 1.34. The van der Waals surface area contributed by atoms with Crippen molar-refractivity contribution in [1.29, 1.82) is 0 Å². The van der Waals surface area contributed by atoms with Crippen LogP contribution >= 0.6 is 23.4 Å². The molecule has 0 aliphatic carbocycles. The number of carbonyl (C=O) groups is 1. The summed E-state index contributed by atoms with van der Waals surface area (Å²) in [5, 5.41) is 13.3. The average Bonchev–Trinajstić information content (AvgIpc) is 2.71. The number of likely N-dealkylation sites (tertiary alicyclic amines) is 1. The van der Waals surface area contributed by atoms with Gasteiger partial charge in [-0.3, -0.25) is 9.69 Å². The van der Waals surface area contributed by atoms with Crippen molar-refractivity contribution in [2.45, 2.75) is 37.8 Å². The zero-order valence-electron chi connectivity index (χ0n) is 15.9. The molecule has 150 valence electrons. The first-order chi connectivity index (χ1) is 13.6. The maximum absolute atomic E-state index is 12.0. The third kappa shape index (κ3) is 7.13. The molecule has 0 atom stereocenters. The summed E-state index contributed by atoms with van der Waals surface area (Å²) in [5.41, 5.74) is 3.54. The number of aliphatic hydroxyl groups excluding tert-OH is 1. The van der Waals surface area contributed by atoms with E-state index in [0.717, 1.165) is 48.8 Å². The van der Waals surface area contributed by atoms with E-state index in [4.69, 9.17) is 11.6 Å². The Kier molecular flexibility index (Phi) is 8.22. The fraction of sp³-hybridized carbons (Fsp3) is 0.409.